The predicted octanol–water partition coefficient (Wildman–Crippen LogP) is 4.87. The van der Waals surface area contributed by atoms with Gasteiger partial charge in [0.2, 0.25) is 0 Å². The largest absolute Gasteiger partial charge is 0.416 e. The van der Waals surface area contributed by atoms with Crippen LogP contribution in [-0.2, 0) is 25.1 Å². The second-order valence-electron chi connectivity index (χ2n) is 5.85. The Kier molecular flexibility index (Phi) is 5.86. The summed E-state index contributed by atoms with van der Waals surface area (Å²) >= 11 is 1.31. The molecule has 2 aromatic carbocycles. The molecule has 8 heteroatoms. The van der Waals surface area contributed by atoms with Gasteiger partial charge in [-0.1, -0.05) is 42.1 Å². The summed E-state index contributed by atoms with van der Waals surface area (Å²) in [4.78, 5) is 4.25. The number of aliphatic hydroxyl groups excluding tert-OH is 1. The van der Waals surface area contributed by atoms with Crippen LogP contribution in [0.1, 0.15) is 22.4 Å². The molecule has 0 amide bonds. The first kappa shape index (κ1) is 19.4. The first-order valence-electron chi connectivity index (χ1n) is 8.06. The zero-order chi connectivity index (χ0) is 19.4. The molecule has 1 aromatic heterocycles. The van der Waals surface area contributed by atoms with Crippen molar-refractivity contribution >= 4 is 11.8 Å². The van der Waals surface area contributed by atoms with Crippen molar-refractivity contribution in [2.45, 2.75) is 30.2 Å². The minimum atomic E-state index is -4.36. The third-order valence-electron chi connectivity index (χ3n) is 4.00. The highest BCUT2D eigenvalue weighted by molar-refractivity contribution is 7.98. The summed E-state index contributed by atoms with van der Waals surface area (Å²) in [6.07, 6.45) is -2.85. The van der Waals surface area contributed by atoms with E-state index in [-0.39, 0.29) is 19.0 Å². The fraction of sp³-hybridized carbons (Fsp3) is 0.211. The van der Waals surface area contributed by atoms with Crippen LogP contribution in [0.2, 0.25) is 0 Å². The summed E-state index contributed by atoms with van der Waals surface area (Å²) in [5.74, 6) is 0.0471. The van der Waals surface area contributed by atoms with Gasteiger partial charge < -0.3 is 9.67 Å². The third-order valence-corrected chi connectivity index (χ3v) is 5.06. The minimum absolute atomic E-state index is 0.206. The van der Waals surface area contributed by atoms with E-state index in [1.807, 2.05) is 0 Å². The molecule has 0 aliphatic carbocycles. The molecule has 0 radical (unpaired) electrons. The summed E-state index contributed by atoms with van der Waals surface area (Å²) in [6, 6.07) is 11.3. The quantitative estimate of drug-likeness (QED) is 0.477. The maximum Gasteiger partial charge on any atom is 0.416 e. The predicted molar refractivity (Wildman–Crippen MR) is 94.7 cm³/mol. The number of benzene rings is 2. The molecule has 0 aliphatic heterocycles. The van der Waals surface area contributed by atoms with E-state index in [2.05, 4.69) is 4.98 Å². The van der Waals surface area contributed by atoms with Crippen LogP contribution < -0.4 is 0 Å². The maximum absolute atomic E-state index is 13.9. The van der Waals surface area contributed by atoms with E-state index >= 15 is 0 Å². The van der Waals surface area contributed by atoms with Gasteiger partial charge in [0.25, 0.3) is 0 Å². The third kappa shape index (κ3) is 4.70. The monoisotopic (exact) mass is 396 g/mol. The SMILES string of the molecule is OCc1cnc(SCc2ccc(C(F)(F)F)cc2)n1Cc1ccccc1F. The van der Waals surface area contributed by atoms with Crippen LogP contribution in [0.25, 0.3) is 0 Å². The van der Waals surface area contributed by atoms with Crippen LogP contribution in [0.3, 0.4) is 0 Å². The summed E-state index contributed by atoms with van der Waals surface area (Å²) < 4.78 is 53.5. The molecule has 0 bridgehead atoms. The topological polar surface area (TPSA) is 38.1 Å². The first-order chi connectivity index (χ1) is 12.9. The van der Waals surface area contributed by atoms with E-state index < -0.39 is 11.7 Å². The van der Waals surface area contributed by atoms with Gasteiger partial charge >= 0.3 is 6.18 Å². The Morgan fingerprint density at radius 1 is 1.04 bits per heavy atom. The lowest BCUT2D eigenvalue weighted by atomic mass is 10.1. The van der Waals surface area contributed by atoms with Gasteiger partial charge in [-0.05, 0) is 23.8 Å². The molecule has 0 saturated heterocycles. The van der Waals surface area contributed by atoms with Crippen molar-refractivity contribution in [2.75, 3.05) is 0 Å². The average Bonchev–Trinajstić information content (AvgIpc) is 3.03. The molecule has 0 saturated carbocycles. The van der Waals surface area contributed by atoms with Crippen LogP contribution in [0.15, 0.2) is 59.9 Å². The number of aromatic nitrogens is 2. The Morgan fingerprint density at radius 2 is 1.74 bits per heavy atom. The van der Waals surface area contributed by atoms with Crippen LogP contribution in [0.5, 0.6) is 0 Å². The van der Waals surface area contributed by atoms with E-state index in [4.69, 9.17) is 0 Å². The van der Waals surface area contributed by atoms with Gasteiger partial charge in [0, 0.05) is 11.3 Å². The molecule has 142 valence electrons. The summed E-state index contributed by atoms with van der Waals surface area (Å²) in [5.41, 5.74) is 1.01. The van der Waals surface area contributed by atoms with Gasteiger partial charge in [-0.15, -0.1) is 0 Å². The molecule has 27 heavy (non-hydrogen) atoms. The van der Waals surface area contributed by atoms with Crippen molar-refractivity contribution < 1.29 is 22.7 Å². The highest BCUT2D eigenvalue weighted by Crippen LogP contribution is 2.30. The number of halogens is 4. The molecule has 0 fully saturated rings. The molecule has 0 aliphatic rings. The first-order valence-corrected chi connectivity index (χ1v) is 9.04. The number of alkyl halides is 3. The number of hydrogen-bond acceptors (Lipinski definition) is 3. The number of thioether (sulfide) groups is 1. The van der Waals surface area contributed by atoms with Crippen molar-refractivity contribution in [1.29, 1.82) is 0 Å². The second kappa shape index (κ2) is 8.14. The van der Waals surface area contributed by atoms with E-state index in [0.717, 1.165) is 12.1 Å². The van der Waals surface area contributed by atoms with Crippen molar-refractivity contribution in [3.05, 3.63) is 82.9 Å². The van der Waals surface area contributed by atoms with Crippen molar-refractivity contribution in [1.82, 2.24) is 9.55 Å². The second-order valence-corrected chi connectivity index (χ2v) is 6.79. The van der Waals surface area contributed by atoms with Gasteiger partial charge in [-0.3, -0.25) is 0 Å². The molecule has 3 nitrogen and oxygen atoms in total. The smallest absolute Gasteiger partial charge is 0.390 e. The van der Waals surface area contributed by atoms with Crippen molar-refractivity contribution in [3.8, 4) is 0 Å². The lowest BCUT2D eigenvalue weighted by Crippen LogP contribution is -2.07. The number of aliphatic hydroxyl groups is 1. The van der Waals surface area contributed by atoms with Gasteiger partial charge in [-0.25, -0.2) is 9.37 Å². The normalized spacial score (nSPS) is 11.7. The molecule has 0 unspecified atom stereocenters. The van der Waals surface area contributed by atoms with Crippen molar-refractivity contribution in [2.24, 2.45) is 0 Å². The van der Waals surface area contributed by atoms with E-state index in [9.17, 15) is 22.7 Å². The fourth-order valence-electron chi connectivity index (χ4n) is 2.54. The maximum atomic E-state index is 13.9. The van der Waals surface area contributed by atoms with E-state index in [1.54, 1.807) is 22.8 Å². The lowest BCUT2D eigenvalue weighted by Gasteiger charge is -2.12. The van der Waals surface area contributed by atoms with Gasteiger partial charge in [0.05, 0.1) is 30.6 Å². The average molecular weight is 396 g/mol. The Labute approximate surface area is 157 Å². The number of imidazole rings is 1. The minimum Gasteiger partial charge on any atom is -0.390 e. The summed E-state index contributed by atoms with van der Waals surface area (Å²) in [7, 11) is 0. The lowest BCUT2D eigenvalue weighted by molar-refractivity contribution is -0.137. The molecule has 0 atom stereocenters. The zero-order valence-corrected chi connectivity index (χ0v) is 14.9. The Morgan fingerprint density at radius 3 is 2.37 bits per heavy atom. The summed E-state index contributed by atoms with van der Waals surface area (Å²) in [6.45, 7) is -0.0415. The fourth-order valence-corrected chi connectivity index (χ4v) is 3.49. The molecule has 0 spiro atoms. The van der Waals surface area contributed by atoms with Gasteiger partial charge in [0.1, 0.15) is 5.82 Å². The zero-order valence-electron chi connectivity index (χ0n) is 14.1. The van der Waals surface area contributed by atoms with Crippen LogP contribution >= 0.6 is 11.8 Å². The van der Waals surface area contributed by atoms with E-state index in [0.29, 0.717) is 27.7 Å². The Balaban J connectivity index is 1.76. The highest BCUT2D eigenvalue weighted by atomic mass is 32.2. The molecular weight excluding hydrogens is 380 g/mol. The van der Waals surface area contributed by atoms with E-state index in [1.165, 1.54) is 36.2 Å². The number of nitrogens with zero attached hydrogens (tertiary/aromatic N) is 2. The Bertz CT molecular complexity index is 907. The number of rotatable bonds is 6. The molecule has 1 heterocycles. The Hall–Kier alpha value is -2.32. The molecule has 3 rings (SSSR count). The number of hydrogen-bond donors (Lipinski definition) is 1. The van der Waals surface area contributed by atoms with Crippen molar-refractivity contribution in [3.63, 3.8) is 0 Å². The molecular formula is C19H16F4N2OS. The van der Waals surface area contributed by atoms with Gasteiger partial charge in [-0.2, -0.15) is 13.2 Å². The van der Waals surface area contributed by atoms with Crippen LogP contribution in [-0.4, -0.2) is 14.7 Å². The van der Waals surface area contributed by atoms with Gasteiger partial charge in [0.15, 0.2) is 5.16 Å². The molecule has 3 aromatic rings. The molecule has 1 N–H and O–H groups in total. The van der Waals surface area contributed by atoms with Crippen LogP contribution in [0.4, 0.5) is 17.6 Å². The highest BCUT2D eigenvalue weighted by Gasteiger charge is 2.29. The van der Waals surface area contributed by atoms with Crippen LogP contribution in [0, 0.1) is 5.82 Å². The standard InChI is InChI=1S/C19H16F4N2OS/c20-17-4-2-1-3-14(17)10-25-16(11-26)9-24-18(25)27-12-13-5-7-15(8-6-13)19(21,22)23/h1-9,26H,10-12H2. The summed E-state index contributed by atoms with van der Waals surface area (Å²) in [5, 5.41) is 10.1.